The molecule has 2 unspecified atom stereocenters. The van der Waals surface area contributed by atoms with E-state index < -0.39 is 10.1 Å². The maximum atomic E-state index is 12.0. The van der Waals surface area contributed by atoms with Gasteiger partial charge in [-0.1, -0.05) is 38.5 Å². The van der Waals surface area contributed by atoms with E-state index in [-0.39, 0.29) is 10.3 Å². The average Bonchev–Trinajstić information content (AvgIpc) is 3.06. The van der Waals surface area contributed by atoms with Crippen molar-refractivity contribution >= 4 is 10.1 Å². The molecule has 1 saturated carbocycles. The average molecular weight is 282 g/mol. The number of benzene rings is 1. The smallest absolute Gasteiger partial charge is 0.266 e. The Morgan fingerprint density at radius 3 is 2.26 bits per heavy atom. The van der Waals surface area contributed by atoms with E-state index in [1.807, 2.05) is 6.92 Å². The number of hydrogen-bond donors (Lipinski definition) is 0. The summed E-state index contributed by atoms with van der Waals surface area (Å²) in [5, 5.41) is 0. The molecule has 0 bridgehead atoms. The van der Waals surface area contributed by atoms with Crippen LogP contribution in [0.3, 0.4) is 0 Å². The van der Waals surface area contributed by atoms with Crippen LogP contribution in [-0.2, 0) is 14.3 Å². The molecular weight excluding hydrogens is 260 g/mol. The third-order valence-corrected chi connectivity index (χ3v) is 5.08. The molecule has 0 saturated heterocycles. The van der Waals surface area contributed by atoms with Gasteiger partial charge in [0, 0.05) is 0 Å². The number of aryl methyl sites for hydroxylation is 1. The van der Waals surface area contributed by atoms with Gasteiger partial charge in [0.05, 0.1) is 11.5 Å². The topological polar surface area (TPSA) is 43.4 Å². The van der Waals surface area contributed by atoms with Gasteiger partial charge in [0.1, 0.15) is 0 Å². The van der Waals surface area contributed by atoms with Gasteiger partial charge < -0.3 is 0 Å². The molecule has 2 rings (SSSR count). The van der Waals surface area contributed by atoms with Crippen molar-refractivity contribution in [2.75, 3.05) is 6.61 Å². The fraction of sp³-hybridized carbons (Fsp3) is 0.600. The number of rotatable bonds is 4. The molecule has 0 spiro atoms. The maximum absolute atomic E-state index is 12.0. The molecule has 1 aliphatic carbocycles. The van der Waals surface area contributed by atoms with Crippen LogP contribution in [0.4, 0.5) is 0 Å². The summed E-state index contributed by atoms with van der Waals surface area (Å²) in [5.41, 5.74) is 1.27. The minimum atomic E-state index is -3.60. The lowest BCUT2D eigenvalue weighted by Gasteiger charge is -2.17. The first-order chi connectivity index (χ1) is 8.70. The molecule has 1 aromatic rings. The van der Waals surface area contributed by atoms with Gasteiger partial charge in [-0.05, 0) is 42.7 Å². The lowest BCUT2D eigenvalue weighted by atomic mass is 9.89. The highest BCUT2D eigenvalue weighted by molar-refractivity contribution is 7.86. The fourth-order valence-electron chi connectivity index (χ4n) is 2.44. The van der Waals surface area contributed by atoms with Gasteiger partial charge in [0.25, 0.3) is 10.1 Å². The second-order valence-corrected chi connectivity index (χ2v) is 8.14. The molecule has 0 aromatic heterocycles. The van der Waals surface area contributed by atoms with E-state index >= 15 is 0 Å². The number of hydrogen-bond acceptors (Lipinski definition) is 3. The standard InChI is InChI=1S/C15H22O3S/c1-11-5-7-13(8-6-11)19(16,17)18-10-12-9-14(12)15(2,3)4/h5-8,12,14H,9-10H2,1-4H3. The Balaban J connectivity index is 1.95. The third kappa shape index (κ3) is 3.57. The van der Waals surface area contributed by atoms with E-state index in [1.165, 1.54) is 0 Å². The lowest BCUT2D eigenvalue weighted by molar-refractivity contribution is 0.259. The molecule has 0 N–H and O–H groups in total. The van der Waals surface area contributed by atoms with Gasteiger partial charge >= 0.3 is 0 Å². The predicted octanol–water partition coefficient (Wildman–Crippen LogP) is 3.38. The van der Waals surface area contributed by atoms with Gasteiger partial charge in [-0.2, -0.15) is 8.42 Å². The van der Waals surface area contributed by atoms with Crippen LogP contribution < -0.4 is 0 Å². The van der Waals surface area contributed by atoms with Crippen molar-refractivity contribution in [1.29, 1.82) is 0 Å². The van der Waals surface area contributed by atoms with E-state index in [0.29, 0.717) is 18.4 Å². The van der Waals surface area contributed by atoms with E-state index in [0.717, 1.165) is 12.0 Å². The summed E-state index contributed by atoms with van der Waals surface area (Å²) in [4.78, 5) is 0.242. The van der Waals surface area contributed by atoms with Crippen LogP contribution >= 0.6 is 0 Å². The zero-order chi connectivity index (χ0) is 14.3. The largest absolute Gasteiger partial charge is 0.296 e. The van der Waals surface area contributed by atoms with Crippen LogP contribution in [0, 0.1) is 24.2 Å². The van der Waals surface area contributed by atoms with Crippen LogP contribution in [-0.4, -0.2) is 15.0 Å². The third-order valence-electron chi connectivity index (χ3n) is 3.78. The molecule has 19 heavy (non-hydrogen) atoms. The van der Waals surface area contributed by atoms with Crippen molar-refractivity contribution in [2.45, 2.75) is 39.0 Å². The molecule has 1 aliphatic rings. The molecule has 106 valence electrons. The molecule has 2 atom stereocenters. The Hall–Kier alpha value is -0.870. The summed E-state index contributed by atoms with van der Waals surface area (Å²) < 4.78 is 29.2. The minimum Gasteiger partial charge on any atom is -0.266 e. The summed E-state index contributed by atoms with van der Waals surface area (Å²) in [5.74, 6) is 0.945. The van der Waals surface area contributed by atoms with Crippen LogP contribution in [0.15, 0.2) is 29.2 Å². The quantitative estimate of drug-likeness (QED) is 0.795. The maximum Gasteiger partial charge on any atom is 0.296 e. The Bertz CT molecular complexity index is 538. The SMILES string of the molecule is Cc1ccc(S(=O)(=O)OCC2CC2C(C)(C)C)cc1. The summed E-state index contributed by atoms with van der Waals surface area (Å²) in [7, 11) is -3.60. The summed E-state index contributed by atoms with van der Waals surface area (Å²) >= 11 is 0. The van der Waals surface area contributed by atoms with Gasteiger partial charge in [0.2, 0.25) is 0 Å². The first-order valence-electron chi connectivity index (χ1n) is 6.66. The normalized spacial score (nSPS) is 23.4. The van der Waals surface area contributed by atoms with E-state index in [1.54, 1.807) is 24.3 Å². The molecule has 0 heterocycles. The van der Waals surface area contributed by atoms with Gasteiger partial charge in [-0.15, -0.1) is 0 Å². The van der Waals surface area contributed by atoms with Crippen molar-refractivity contribution in [3.63, 3.8) is 0 Å². The zero-order valence-electron chi connectivity index (χ0n) is 12.0. The van der Waals surface area contributed by atoms with Crippen molar-refractivity contribution in [3.8, 4) is 0 Å². The Kier molecular flexibility index (Phi) is 3.76. The Labute approximate surface area is 116 Å². The molecule has 3 nitrogen and oxygen atoms in total. The predicted molar refractivity (Wildman–Crippen MR) is 75.4 cm³/mol. The van der Waals surface area contributed by atoms with Crippen LogP contribution in [0.25, 0.3) is 0 Å². The monoisotopic (exact) mass is 282 g/mol. The van der Waals surface area contributed by atoms with Crippen molar-refractivity contribution in [1.82, 2.24) is 0 Å². The molecule has 4 heteroatoms. The molecule has 1 aromatic carbocycles. The van der Waals surface area contributed by atoms with Crippen molar-refractivity contribution in [3.05, 3.63) is 29.8 Å². The minimum absolute atomic E-state index is 0.238. The molecule has 0 aliphatic heterocycles. The first-order valence-corrected chi connectivity index (χ1v) is 8.07. The second kappa shape index (κ2) is 4.91. The van der Waals surface area contributed by atoms with Gasteiger partial charge in [-0.3, -0.25) is 4.18 Å². The Morgan fingerprint density at radius 2 is 1.79 bits per heavy atom. The van der Waals surface area contributed by atoms with Gasteiger partial charge in [-0.25, -0.2) is 0 Å². The molecule has 0 radical (unpaired) electrons. The lowest BCUT2D eigenvalue weighted by Crippen LogP contribution is -2.14. The molecule has 1 fully saturated rings. The summed E-state index contributed by atoms with van der Waals surface area (Å²) in [6, 6.07) is 6.76. The molecular formula is C15H22O3S. The van der Waals surface area contributed by atoms with Crippen LogP contribution in [0.5, 0.6) is 0 Å². The van der Waals surface area contributed by atoms with Crippen molar-refractivity contribution in [2.24, 2.45) is 17.3 Å². The second-order valence-electron chi connectivity index (χ2n) is 6.52. The highest BCUT2D eigenvalue weighted by Crippen LogP contribution is 2.50. The van der Waals surface area contributed by atoms with E-state index in [9.17, 15) is 8.42 Å². The summed E-state index contributed by atoms with van der Waals surface area (Å²) in [6.45, 7) is 8.79. The van der Waals surface area contributed by atoms with E-state index in [2.05, 4.69) is 20.8 Å². The highest BCUT2D eigenvalue weighted by Gasteiger charge is 2.45. The zero-order valence-corrected chi connectivity index (χ0v) is 12.8. The van der Waals surface area contributed by atoms with Gasteiger partial charge in [0.15, 0.2) is 0 Å². The fourth-order valence-corrected chi connectivity index (χ4v) is 3.40. The van der Waals surface area contributed by atoms with E-state index in [4.69, 9.17) is 4.18 Å². The first kappa shape index (κ1) is 14.5. The van der Waals surface area contributed by atoms with Crippen LogP contribution in [0.2, 0.25) is 0 Å². The highest BCUT2D eigenvalue weighted by atomic mass is 32.2. The van der Waals surface area contributed by atoms with Crippen LogP contribution in [0.1, 0.15) is 32.8 Å². The molecule has 0 amide bonds. The summed E-state index contributed by atoms with van der Waals surface area (Å²) in [6.07, 6.45) is 1.06. The Morgan fingerprint density at radius 1 is 1.21 bits per heavy atom. The van der Waals surface area contributed by atoms with Crippen molar-refractivity contribution < 1.29 is 12.6 Å².